The smallest absolute Gasteiger partial charge is 0.265 e. The highest BCUT2D eigenvalue weighted by molar-refractivity contribution is 7.92. The van der Waals surface area contributed by atoms with Gasteiger partial charge in [0.2, 0.25) is 11.8 Å². The van der Waals surface area contributed by atoms with Gasteiger partial charge < -0.3 is 24.0 Å². The zero-order valence-corrected chi connectivity index (χ0v) is 26.0. The molecule has 6 rings (SSSR count). The van der Waals surface area contributed by atoms with E-state index in [0.717, 1.165) is 23.3 Å². The highest BCUT2D eigenvalue weighted by Gasteiger charge is 2.55. The number of piperidine rings is 1. The number of anilines is 2. The lowest BCUT2D eigenvalue weighted by molar-refractivity contribution is -0.130. The number of amides is 2. The number of nitrogens with one attached hydrogen (secondary N) is 1. The summed E-state index contributed by atoms with van der Waals surface area (Å²) in [5.74, 6) is 1.43. The fourth-order valence-electron chi connectivity index (χ4n) is 6.47. The molecule has 0 unspecified atom stereocenters. The topological polar surface area (TPSA) is 114 Å². The summed E-state index contributed by atoms with van der Waals surface area (Å²) < 4.78 is 47.2. The Morgan fingerprint density at radius 3 is 2.30 bits per heavy atom. The number of rotatable bonds is 9. The van der Waals surface area contributed by atoms with Gasteiger partial charge in [-0.2, -0.15) is 0 Å². The highest BCUT2D eigenvalue weighted by atomic mass is 32.2. The van der Waals surface area contributed by atoms with Crippen LogP contribution in [0.3, 0.4) is 0 Å². The molecule has 11 heteroatoms. The van der Waals surface area contributed by atoms with Crippen molar-refractivity contribution in [1.82, 2.24) is 4.90 Å². The summed E-state index contributed by atoms with van der Waals surface area (Å²) in [5, 5.41) is 0. The van der Waals surface area contributed by atoms with Gasteiger partial charge in [0.15, 0.2) is 0 Å². The monoisotopic (exact) mass is 619 g/mol. The number of methoxy groups -OCH3 is 2. The van der Waals surface area contributed by atoms with Crippen LogP contribution in [0.1, 0.15) is 50.2 Å². The molecule has 1 spiro atoms. The molecule has 1 N–H and O–H groups in total. The third-order valence-corrected chi connectivity index (χ3v) is 10.4. The molecule has 10 nitrogen and oxygen atoms in total. The molecule has 2 heterocycles. The molecule has 0 bridgehead atoms. The van der Waals surface area contributed by atoms with E-state index in [9.17, 15) is 18.0 Å². The largest absolute Gasteiger partial charge is 0.497 e. The van der Waals surface area contributed by atoms with Gasteiger partial charge in [0.1, 0.15) is 28.2 Å². The van der Waals surface area contributed by atoms with Crippen molar-refractivity contribution in [2.45, 2.75) is 62.0 Å². The second-order valence-corrected chi connectivity index (χ2v) is 13.3. The minimum absolute atomic E-state index is 0.00412. The number of likely N-dealkylation sites (tertiary alicyclic amines) is 1. The predicted molar refractivity (Wildman–Crippen MR) is 166 cm³/mol. The van der Waals surface area contributed by atoms with Crippen LogP contribution in [0.2, 0.25) is 0 Å². The third kappa shape index (κ3) is 5.34. The van der Waals surface area contributed by atoms with E-state index in [0.29, 0.717) is 62.4 Å². The van der Waals surface area contributed by atoms with Gasteiger partial charge in [0.05, 0.1) is 37.6 Å². The molecule has 3 aromatic rings. The van der Waals surface area contributed by atoms with Crippen LogP contribution < -0.4 is 23.8 Å². The van der Waals surface area contributed by atoms with Gasteiger partial charge in [0.25, 0.3) is 10.0 Å². The van der Waals surface area contributed by atoms with E-state index < -0.39 is 15.4 Å². The molecule has 1 saturated heterocycles. The molecular formula is C33H37N3O7S. The number of hydrogen-bond acceptors (Lipinski definition) is 7. The van der Waals surface area contributed by atoms with Gasteiger partial charge in [0, 0.05) is 38.9 Å². The zero-order chi connectivity index (χ0) is 31.1. The van der Waals surface area contributed by atoms with Crippen LogP contribution in [-0.2, 0) is 31.6 Å². The van der Waals surface area contributed by atoms with Gasteiger partial charge in [-0.3, -0.25) is 14.3 Å². The summed E-state index contributed by atoms with van der Waals surface area (Å²) in [6.07, 6.45) is 3.31. The SMILES string of the molecule is COc1ccc(CN2C(=O)C3(CCC3)c3cc(NS(=O)(=O)c4ccccc4OC)cc(OC4CCN(C(C)=O)CC4)c32)cc1. The molecule has 3 aliphatic rings. The molecule has 0 aromatic heterocycles. The Balaban J connectivity index is 1.41. The molecular weight excluding hydrogens is 582 g/mol. The first-order valence-electron chi connectivity index (χ1n) is 14.9. The maximum Gasteiger partial charge on any atom is 0.265 e. The van der Waals surface area contributed by atoms with E-state index in [-0.39, 0.29) is 28.6 Å². The Hall–Kier alpha value is -4.25. The molecule has 0 atom stereocenters. The lowest BCUT2D eigenvalue weighted by Gasteiger charge is -2.37. The molecule has 0 radical (unpaired) electrons. The quantitative estimate of drug-likeness (QED) is 0.364. The minimum Gasteiger partial charge on any atom is -0.497 e. The van der Waals surface area contributed by atoms with Crippen LogP contribution in [0.4, 0.5) is 11.4 Å². The van der Waals surface area contributed by atoms with Crippen molar-refractivity contribution in [3.8, 4) is 17.2 Å². The van der Waals surface area contributed by atoms with Crippen molar-refractivity contribution in [2.24, 2.45) is 0 Å². The average Bonchev–Trinajstić information content (AvgIpc) is 3.25. The molecule has 2 amide bonds. The van der Waals surface area contributed by atoms with Crippen molar-refractivity contribution < 1.29 is 32.2 Å². The summed E-state index contributed by atoms with van der Waals surface area (Å²) >= 11 is 0. The minimum atomic E-state index is -4.03. The number of fused-ring (bicyclic) bond motifs is 2. The fraction of sp³-hybridized carbons (Fsp3) is 0.394. The molecule has 2 fully saturated rings. The van der Waals surface area contributed by atoms with Gasteiger partial charge in [-0.1, -0.05) is 30.7 Å². The number of carbonyl (C=O) groups excluding carboxylic acids is 2. The third-order valence-electron chi connectivity index (χ3n) is 9.01. The number of nitrogens with zero attached hydrogens (tertiary/aromatic N) is 2. The van der Waals surface area contributed by atoms with Crippen molar-refractivity contribution in [2.75, 3.05) is 36.9 Å². The Bertz CT molecular complexity index is 1680. The van der Waals surface area contributed by atoms with Crippen LogP contribution in [0.15, 0.2) is 65.6 Å². The van der Waals surface area contributed by atoms with E-state index in [1.807, 2.05) is 24.3 Å². The van der Waals surface area contributed by atoms with Crippen molar-refractivity contribution in [1.29, 1.82) is 0 Å². The number of sulfonamides is 1. The molecule has 44 heavy (non-hydrogen) atoms. The number of hydrogen-bond donors (Lipinski definition) is 1. The molecule has 2 aliphatic heterocycles. The highest BCUT2D eigenvalue weighted by Crippen LogP contribution is 2.57. The van der Waals surface area contributed by atoms with Gasteiger partial charge in [-0.25, -0.2) is 8.42 Å². The Morgan fingerprint density at radius 1 is 0.977 bits per heavy atom. The number of ether oxygens (including phenoxy) is 3. The summed E-state index contributed by atoms with van der Waals surface area (Å²) in [5.41, 5.74) is 1.97. The zero-order valence-electron chi connectivity index (χ0n) is 25.2. The predicted octanol–water partition coefficient (Wildman–Crippen LogP) is 4.86. The first kappa shape index (κ1) is 29.8. The van der Waals surface area contributed by atoms with Crippen LogP contribution in [0.5, 0.6) is 17.2 Å². The summed E-state index contributed by atoms with van der Waals surface area (Å²) in [4.78, 5) is 29.7. The molecule has 1 aliphatic carbocycles. The number of benzene rings is 3. The summed E-state index contributed by atoms with van der Waals surface area (Å²) in [7, 11) is -0.996. The van der Waals surface area contributed by atoms with E-state index >= 15 is 0 Å². The maximum absolute atomic E-state index is 14.2. The number of carbonyl (C=O) groups is 2. The maximum atomic E-state index is 14.2. The lowest BCUT2D eigenvalue weighted by atomic mass is 9.65. The first-order chi connectivity index (χ1) is 21.1. The van der Waals surface area contributed by atoms with Gasteiger partial charge >= 0.3 is 0 Å². The average molecular weight is 620 g/mol. The second-order valence-electron chi connectivity index (χ2n) is 11.6. The summed E-state index contributed by atoms with van der Waals surface area (Å²) in [6.45, 7) is 3.04. The van der Waals surface area contributed by atoms with E-state index in [2.05, 4.69) is 4.72 Å². The van der Waals surface area contributed by atoms with Gasteiger partial charge in [-0.05, 0) is 54.3 Å². The molecule has 1 saturated carbocycles. The van der Waals surface area contributed by atoms with Crippen LogP contribution in [-0.4, -0.2) is 58.5 Å². The second kappa shape index (κ2) is 11.7. The Morgan fingerprint density at radius 2 is 1.68 bits per heavy atom. The van der Waals surface area contributed by atoms with Crippen LogP contribution in [0, 0.1) is 0 Å². The van der Waals surface area contributed by atoms with Crippen LogP contribution in [0.25, 0.3) is 0 Å². The number of para-hydroxylation sites is 1. The molecule has 3 aromatic carbocycles. The van der Waals surface area contributed by atoms with Crippen molar-refractivity contribution in [3.05, 3.63) is 71.8 Å². The van der Waals surface area contributed by atoms with Crippen molar-refractivity contribution in [3.63, 3.8) is 0 Å². The van der Waals surface area contributed by atoms with Crippen LogP contribution >= 0.6 is 0 Å². The summed E-state index contributed by atoms with van der Waals surface area (Å²) in [6, 6.07) is 17.5. The lowest BCUT2D eigenvalue weighted by Crippen LogP contribution is -2.44. The van der Waals surface area contributed by atoms with Crippen molar-refractivity contribution >= 4 is 33.2 Å². The Labute approximate surface area is 257 Å². The standard InChI is InChI=1S/C33H37N3O7S/c1-22(37)35-17-13-26(14-18-35)43-29-20-24(34-44(39,40)30-8-5-4-7-28(30)42-3)19-27-31(29)36(32(38)33(27)15-6-16-33)21-23-9-11-25(41-2)12-10-23/h4-5,7-12,19-20,26,34H,6,13-18,21H2,1-3H3. The van der Waals surface area contributed by atoms with E-state index in [4.69, 9.17) is 14.2 Å². The Kier molecular flexibility index (Phi) is 7.91. The molecule has 232 valence electrons. The van der Waals surface area contributed by atoms with E-state index in [1.165, 1.54) is 13.2 Å². The normalized spacial score (nSPS) is 17.7. The van der Waals surface area contributed by atoms with Gasteiger partial charge in [-0.15, -0.1) is 0 Å². The fourth-order valence-corrected chi connectivity index (χ4v) is 7.68. The van der Waals surface area contributed by atoms with E-state index in [1.54, 1.807) is 54.2 Å². The first-order valence-corrected chi connectivity index (χ1v) is 16.3.